The zero-order chi connectivity index (χ0) is 23.7. The predicted octanol–water partition coefficient (Wildman–Crippen LogP) is 2.74. The first-order valence-electron chi connectivity index (χ1n) is 11.7. The molecule has 3 aromatic rings. The summed E-state index contributed by atoms with van der Waals surface area (Å²) in [4.78, 5) is 28.3. The van der Waals surface area contributed by atoms with Crippen LogP contribution in [0, 0.1) is 5.82 Å². The molecule has 0 atom stereocenters. The van der Waals surface area contributed by atoms with E-state index in [1.165, 1.54) is 17.7 Å². The predicted molar refractivity (Wildman–Crippen MR) is 131 cm³/mol. The van der Waals surface area contributed by atoms with Gasteiger partial charge < -0.3 is 20.4 Å². The molecule has 0 spiro atoms. The Balaban J connectivity index is 1.34. The lowest BCUT2D eigenvalue weighted by molar-refractivity contribution is -0.131. The zero-order valence-corrected chi connectivity index (χ0v) is 19.4. The number of fused-ring (bicyclic) bond motifs is 1. The normalized spacial score (nSPS) is 16.4. The second-order valence-electron chi connectivity index (χ2n) is 9.11. The van der Waals surface area contributed by atoms with Crippen molar-refractivity contribution in [2.24, 2.45) is 0 Å². The highest BCUT2D eigenvalue weighted by Gasteiger charge is 2.22. The molecule has 7 nitrogen and oxygen atoms in total. The maximum Gasteiger partial charge on any atom is 0.227 e. The Kier molecular flexibility index (Phi) is 6.15. The molecule has 2 aliphatic heterocycles. The van der Waals surface area contributed by atoms with Crippen molar-refractivity contribution in [1.29, 1.82) is 0 Å². The summed E-state index contributed by atoms with van der Waals surface area (Å²) in [6, 6.07) is 14.4. The van der Waals surface area contributed by atoms with Crippen LogP contribution in [-0.2, 0) is 24.2 Å². The summed E-state index contributed by atoms with van der Waals surface area (Å²) in [5, 5.41) is 0. The number of hydrogen-bond acceptors (Lipinski definition) is 6. The van der Waals surface area contributed by atoms with Gasteiger partial charge in [-0.1, -0.05) is 24.3 Å². The molecule has 2 aromatic carbocycles. The van der Waals surface area contributed by atoms with Gasteiger partial charge >= 0.3 is 0 Å². The second-order valence-corrected chi connectivity index (χ2v) is 9.11. The fourth-order valence-electron chi connectivity index (χ4n) is 4.62. The number of nitrogens with two attached hydrogens (primary N) is 1. The Labute approximate surface area is 199 Å². The number of carbonyl (C=O) groups excluding carboxylic acids is 1. The highest BCUT2D eigenvalue weighted by Crippen LogP contribution is 2.28. The Hall–Kier alpha value is -3.52. The summed E-state index contributed by atoms with van der Waals surface area (Å²) < 4.78 is 13.2. The van der Waals surface area contributed by atoms with Gasteiger partial charge in [-0.15, -0.1) is 0 Å². The Morgan fingerprint density at radius 1 is 0.971 bits per heavy atom. The maximum absolute atomic E-state index is 13.2. The fourth-order valence-corrected chi connectivity index (χ4v) is 4.62. The summed E-state index contributed by atoms with van der Waals surface area (Å²) in [7, 11) is 2.12. The van der Waals surface area contributed by atoms with Crippen molar-refractivity contribution < 1.29 is 9.18 Å². The average molecular weight is 461 g/mol. The van der Waals surface area contributed by atoms with Gasteiger partial charge in [-0.05, 0) is 48.4 Å². The van der Waals surface area contributed by atoms with Crippen molar-refractivity contribution in [3.8, 4) is 11.3 Å². The van der Waals surface area contributed by atoms with Crippen molar-refractivity contribution in [3.05, 3.63) is 71.0 Å². The molecule has 0 unspecified atom stereocenters. The molecule has 34 heavy (non-hydrogen) atoms. The van der Waals surface area contributed by atoms with Gasteiger partial charge in [0, 0.05) is 50.9 Å². The van der Waals surface area contributed by atoms with E-state index in [0.717, 1.165) is 60.8 Å². The molecule has 1 saturated heterocycles. The number of nitrogens with zero attached hydrogens (tertiary/aromatic N) is 5. The van der Waals surface area contributed by atoms with Crippen LogP contribution in [-0.4, -0.2) is 65.4 Å². The van der Waals surface area contributed by atoms with Gasteiger partial charge in [0.1, 0.15) is 11.6 Å². The zero-order valence-electron chi connectivity index (χ0n) is 19.4. The minimum Gasteiger partial charge on any atom is -0.368 e. The quantitative estimate of drug-likeness (QED) is 0.645. The van der Waals surface area contributed by atoms with Crippen LogP contribution in [0.25, 0.3) is 11.3 Å². The SMILES string of the molecule is CN1CCN(c2cc(-c3ccc4c(c3)CN(C(=O)Cc3ccc(F)cc3)CC4)nc(N)n2)CC1. The summed E-state index contributed by atoms with van der Waals surface area (Å²) in [6.45, 7) is 5.01. The first-order chi connectivity index (χ1) is 16.4. The van der Waals surface area contributed by atoms with E-state index in [1.807, 2.05) is 11.0 Å². The maximum atomic E-state index is 13.2. The summed E-state index contributed by atoms with van der Waals surface area (Å²) in [5.74, 6) is 0.868. The number of piperazine rings is 1. The molecular formula is C26H29FN6O. The summed E-state index contributed by atoms with van der Waals surface area (Å²) in [5.41, 5.74) is 11.0. The van der Waals surface area contributed by atoms with Crippen LogP contribution in [0.5, 0.6) is 0 Å². The number of nitrogen functional groups attached to an aromatic ring is 1. The third kappa shape index (κ3) is 4.87. The molecule has 1 amide bonds. The summed E-state index contributed by atoms with van der Waals surface area (Å²) >= 11 is 0. The molecule has 176 valence electrons. The average Bonchev–Trinajstić information content (AvgIpc) is 2.85. The van der Waals surface area contributed by atoms with Crippen LogP contribution in [0.1, 0.15) is 16.7 Å². The minimum absolute atomic E-state index is 0.0475. The third-order valence-corrected chi connectivity index (χ3v) is 6.69. The van der Waals surface area contributed by atoms with Gasteiger partial charge in [-0.2, -0.15) is 4.98 Å². The number of anilines is 2. The lowest BCUT2D eigenvalue weighted by Gasteiger charge is -2.33. The van der Waals surface area contributed by atoms with Crippen molar-refractivity contribution in [2.45, 2.75) is 19.4 Å². The topological polar surface area (TPSA) is 78.6 Å². The number of likely N-dealkylation sites (N-methyl/N-ethyl adjacent to an activating group) is 1. The molecular weight excluding hydrogens is 431 g/mol. The fraction of sp³-hybridized carbons (Fsp3) is 0.346. The molecule has 0 aliphatic carbocycles. The highest BCUT2D eigenvalue weighted by molar-refractivity contribution is 5.79. The number of aromatic nitrogens is 2. The van der Waals surface area contributed by atoms with E-state index in [2.05, 4.69) is 45.0 Å². The molecule has 0 radical (unpaired) electrons. The number of benzene rings is 2. The van der Waals surface area contributed by atoms with Gasteiger partial charge in [0.2, 0.25) is 11.9 Å². The van der Waals surface area contributed by atoms with E-state index in [-0.39, 0.29) is 24.1 Å². The van der Waals surface area contributed by atoms with Crippen LogP contribution in [0.3, 0.4) is 0 Å². The standard InChI is InChI=1S/C26H29FN6O/c1-31-10-12-32(13-11-31)24-16-23(29-26(28)30-24)20-5-4-19-8-9-33(17-21(19)15-20)25(34)14-18-2-6-22(27)7-3-18/h2-7,15-16H,8-14,17H2,1H3,(H2,28,29,30). The Morgan fingerprint density at radius 3 is 2.50 bits per heavy atom. The van der Waals surface area contributed by atoms with E-state index >= 15 is 0 Å². The summed E-state index contributed by atoms with van der Waals surface area (Å²) in [6.07, 6.45) is 1.08. The molecule has 1 fully saturated rings. The Morgan fingerprint density at radius 2 is 1.74 bits per heavy atom. The van der Waals surface area contributed by atoms with Crippen LogP contribution in [0.15, 0.2) is 48.5 Å². The number of halogens is 1. The number of amides is 1. The lowest BCUT2D eigenvalue weighted by Crippen LogP contribution is -2.44. The van der Waals surface area contributed by atoms with Crippen LogP contribution in [0.2, 0.25) is 0 Å². The van der Waals surface area contributed by atoms with Crippen molar-refractivity contribution in [1.82, 2.24) is 19.8 Å². The van der Waals surface area contributed by atoms with Gasteiger partial charge in [-0.3, -0.25) is 4.79 Å². The van der Waals surface area contributed by atoms with Crippen molar-refractivity contribution in [3.63, 3.8) is 0 Å². The molecule has 0 saturated carbocycles. The molecule has 2 N–H and O–H groups in total. The van der Waals surface area contributed by atoms with E-state index in [1.54, 1.807) is 12.1 Å². The molecule has 5 rings (SSSR count). The van der Waals surface area contributed by atoms with Gasteiger partial charge in [-0.25, -0.2) is 9.37 Å². The lowest BCUT2D eigenvalue weighted by atomic mass is 9.96. The first-order valence-corrected chi connectivity index (χ1v) is 11.7. The smallest absolute Gasteiger partial charge is 0.227 e. The van der Waals surface area contributed by atoms with Crippen LogP contribution >= 0.6 is 0 Å². The van der Waals surface area contributed by atoms with Crippen LogP contribution in [0.4, 0.5) is 16.2 Å². The van der Waals surface area contributed by atoms with Gasteiger partial charge in [0.15, 0.2) is 0 Å². The monoisotopic (exact) mass is 460 g/mol. The Bertz CT molecular complexity index is 1190. The van der Waals surface area contributed by atoms with Crippen molar-refractivity contribution in [2.75, 3.05) is 50.4 Å². The highest BCUT2D eigenvalue weighted by atomic mass is 19.1. The van der Waals surface area contributed by atoms with E-state index in [9.17, 15) is 9.18 Å². The first kappa shape index (κ1) is 22.3. The van der Waals surface area contributed by atoms with Gasteiger partial charge in [0.25, 0.3) is 0 Å². The number of rotatable bonds is 4. The van der Waals surface area contributed by atoms with E-state index < -0.39 is 0 Å². The molecule has 8 heteroatoms. The third-order valence-electron chi connectivity index (χ3n) is 6.69. The largest absolute Gasteiger partial charge is 0.368 e. The molecule has 1 aromatic heterocycles. The second kappa shape index (κ2) is 9.38. The van der Waals surface area contributed by atoms with E-state index in [4.69, 9.17) is 5.73 Å². The molecule has 2 aliphatic rings. The van der Waals surface area contributed by atoms with Gasteiger partial charge in [0.05, 0.1) is 12.1 Å². The molecule has 3 heterocycles. The van der Waals surface area contributed by atoms with E-state index in [0.29, 0.717) is 13.1 Å². The number of carbonyl (C=O) groups is 1. The van der Waals surface area contributed by atoms with Crippen LogP contribution < -0.4 is 10.6 Å². The van der Waals surface area contributed by atoms with Crippen molar-refractivity contribution >= 4 is 17.7 Å². The minimum atomic E-state index is -0.295. The number of hydrogen-bond donors (Lipinski definition) is 1. The molecule has 0 bridgehead atoms.